The molecule has 1 fully saturated rings. The molecule has 162 valence electrons. The Morgan fingerprint density at radius 3 is 2.50 bits per heavy atom. The van der Waals surface area contributed by atoms with E-state index >= 15 is 0 Å². The van der Waals surface area contributed by atoms with Gasteiger partial charge >= 0.3 is 0 Å². The van der Waals surface area contributed by atoms with Gasteiger partial charge in [0.25, 0.3) is 5.91 Å². The highest BCUT2D eigenvalue weighted by Gasteiger charge is 2.35. The van der Waals surface area contributed by atoms with Crippen LogP contribution < -0.4 is 0 Å². The molecule has 1 atom stereocenters. The fourth-order valence-corrected chi connectivity index (χ4v) is 5.67. The third-order valence-electron chi connectivity index (χ3n) is 5.58. The lowest BCUT2D eigenvalue weighted by atomic mass is 10.0. The molecule has 1 saturated heterocycles. The second-order valence-electron chi connectivity index (χ2n) is 7.57. The van der Waals surface area contributed by atoms with Crippen LogP contribution in [0.25, 0.3) is 0 Å². The van der Waals surface area contributed by atoms with E-state index in [1.54, 1.807) is 22.3 Å². The lowest BCUT2D eigenvalue weighted by Crippen LogP contribution is -2.40. The standard InChI is InChI=1S/C22H30N4O3S/c1-4-25(5-2)22(27)19-15-23-21(24-17(19)3)20-13-9-10-14-26(20)30(28,29)16-18-11-7-6-8-12-18/h6-8,11-12,15,20H,4-5,9-10,13-14,16H2,1-3H3. The van der Waals surface area contributed by atoms with Crippen molar-refractivity contribution in [3.63, 3.8) is 0 Å². The lowest BCUT2D eigenvalue weighted by molar-refractivity contribution is 0.0771. The maximum absolute atomic E-state index is 13.2. The van der Waals surface area contributed by atoms with Gasteiger partial charge in [-0.25, -0.2) is 18.4 Å². The molecular weight excluding hydrogens is 400 g/mol. The van der Waals surface area contributed by atoms with Crippen LogP contribution in [0.15, 0.2) is 36.5 Å². The molecule has 1 amide bonds. The molecule has 0 aliphatic carbocycles. The van der Waals surface area contributed by atoms with Crippen molar-refractivity contribution in [2.45, 2.75) is 51.8 Å². The van der Waals surface area contributed by atoms with E-state index < -0.39 is 16.1 Å². The molecule has 8 heteroatoms. The first kappa shape index (κ1) is 22.4. The Morgan fingerprint density at radius 1 is 1.17 bits per heavy atom. The van der Waals surface area contributed by atoms with Crippen LogP contribution in [0.1, 0.15) is 66.6 Å². The van der Waals surface area contributed by atoms with Gasteiger partial charge < -0.3 is 4.90 Å². The van der Waals surface area contributed by atoms with E-state index in [1.807, 2.05) is 44.2 Å². The van der Waals surface area contributed by atoms with E-state index in [4.69, 9.17) is 0 Å². The minimum atomic E-state index is -3.52. The second kappa shape index (κ2) is 9.66. The number of piperidine rings is 1. The summed E-state index contributed by atoms with van der Waals surface area (Å²) in [6.07, 6.45) is 3.97. The maximum atomic E-state index is 13.2. The molecule has 0 spiro atoms. The number of rotatable bonds is 7. The second-order valence-corrected chi connectivity index (χ2v) is 9.49. The number of nitrogens with zero attached hydrogens (tertiary/aromatic N) is 4. The van der Waals surface area contributed by atoms with Gasteiger partial charge in [0.05, 0.1) is 23.1 Å². The number of amides is 1. The number of hydrogen-bond donors (Lipinski definition) is 0. The Kier molecular flexibility index (Phi) is 7.20. The summed E-state index contributed by atoms with van der Waals surface area (Å²) in [5.41, 5.74) is 1.82. The smallest absolute Gasteiger partial charge is 0.257 e. The van der Waals surface area contributed by atoms with Crippen molar-refractivity contribution in [2.24, 2.45) is 0 Å². The SMILES string of the molecule is CCN(CC)C(=O)c1cnc(C2CCCCN2S(=O)(=O)Cc2ccccc2)nc1C. The summed E-state index contributed by atoms with van der Waals surface area (Å²) in [6, 6.07) is 8.81. The van der Waals surface area contributed by atoms with Crippen molar-refractivity contribution in [3.8, 4) is 0 Å². The molecule has 1 aliphatic heterocycles. The summed E-state index contributed by atoms with van der Waals surface area (Å²) in [5.74, 6) is 0.336. The van der Waals surface area contributed by atoms with Crippen LogP contribution in [0.4, 0.5) is 0 Å². The van der Waals surface area contributed by atoms with E-state index in [9.17, 15) is 13.2 Å². The molecule has 0 bridgehead atoms. The van der Waals surface area contributed by atoms with Crippen molar-refractivity contribution in [1.29, 1.82) is 0 Å². The quantitative estimate of drug-likeness (QED) is 0.673. The normalized spacial score (nSPS) is 17.6. The van der Waals surface area contributed by atoms with Gasteiger partial charge in [0, 0.05) is 25.8 Å². The Labute approximate surface area is 179 Å². The fraction of sp³-hybridized carbons (Fsp3) is 0.500. The van der Waals surface area contributed by atoms with Gasteiger partial charge in [-0.05, 0) is 39.2 Å². The Balaban J connectivity index is 1.87. The average molecular weight is 431 g/mol. The Morgan fingerprint density at radius 2 is 1.87 bits per heavy atom. The van der Waals surface area contributed by atoms with Gasteiger partial charge in [-0.2, -0.15) is 4.31 Å². The molecule has 7 nitrogen and oxygen atoms in total. The molecule has 2 heterocycles. The molecule has 1 aromatic heterocycles. The zero-order chi connectivity index (χ0) is 21.7. The number of aryl methyl sites for hydroxylation is 1. The third kappa shape index (κ3) is 4.87. The van der Waals surface area contributed by atoms with Crippen LogP contribution in [0.3, 0.4) is 0 Å². The van der Waals surface area contributed by atoms with Crippen LogP contribution in [0, 0.1) is 6.92 Å². The topological polar surface area (TPSA) is 83.5 Å². The van der Waals surface area contributed by atoms with E-state index in [2.05, 4.69) is 9.97 Å². The van der Waals surface area contributed by atoms with Crippen molar-refractivity contribution >= 4 is 15.9 Å². The third-order valence-corrected chi connectivity index (χ3v) is 7.43. The van der Waals surface area contributed by atoms with Gasteiger partial charge in [-0.15, -0.1) is 0 Å². The van der Waals surface area contributed by atoms with Crippen LogP contribution in [0.5, 0.6) is 0 Å². The highest BCUT2D eigenvalue weighted by Crippen LogP contribution is 2.32. The first-order valence-electron chi connectivity index (χ1n) is 10.5. The highest BCUT2D eigenvalue weighted by molar-refractivity contribution is 7.88. The van der Waals surface area contributed by atoms with Crippen molar-refractivity contribution in [1.82, 2.24) is 19.2 Å². The van der Waals surface area contributed by atoms with Crippen LogP contribution in [0.2, 0.25) is 0 Å². The maximum Gasteiger partial charge on any atom is 0.257 e. The predicted molar refractivity (Wildman–Crippen MR) is 116 cm³/mol. The van der Waals surface area contributed by atoms with Crippen LogP contribution in [-0.2, 0) is 15.8 Å². The largest absolute Gasteiger partial charge is 0.339 e. The molecule has 30 heavy (non-hydrogen) atoms. The molecule has 0 N–H and O–H groups in total. The Bertz CT molecular complexity index is 975. The van der Waals surface area contributed by atoms with E-state index in [-0.39, 0.29) is 11.7 Å². The van der Waals surface area contributed by atoms with E-state index in [0.29, 0.717) is 43.1 Å². The Hall–Kier alpha value is -2.32. The van der Waals surface area contributed by atoms with Crippen molar-refractivity contribution in [2.75, 3.05) is 19.6 Å². The van der Waals surface area contributed by atoms with Gasteiger partial charge in [0.1, 0.15) is 5.82 Å². The molecule has 1 unspecified atom stereocenters. The van der Waals surface area contributed by atoms with Gasteiger partial charge in [0.15, 0.2) is 0 Å². The summed E-state index contributed by atoms with van der Waals surface area (Å²) in [4.78, 5) is 23.4. The number of carbonyl (C=O) groups is 1. The van der Waals surface area contributed by atoms with Crippen LogP contribution in [-0.4, -0.2) is 53.1 Å². The minimum absolute atomic E-state index is 0.0398. The molecule has 3 rings (SSSR count). The molecule has 2 aromatic rings. The number of benzene rings is 1. The molecule has 1 aliphatic rings. The summed E-state index contributed by atoms with van der Waals surface area (Å²) in [6.45, 7) is 7.35. The lowest BCUT2D eigenvalue weighted by Gasteiger charge is -2.34. The number of carbonyl (C=O) groups excluding carboxylic acids is 1. The van der Waals surface area contributed by atoms with Gasteiger partial charge in [-0.1, -0.05) is 36.8 Å². The van der Waals surface area contributed by atoms with E-state index in [0.717, 1.165) is 18.4 Å². The molecule has 1 aromatic carbocycles. The summed E-state index contributed by atoms with van der Waals surface area (Å²) in [5, 5.41) is 0. The highest BCUT2D eigenvalue weighted by atomic mass is 32.2. The summed E-state index contributed by atoms with van der Waals surface area (Å²) in [7, 11) is -3.52. The fourth-order valence-electron chi connectivity index (χ4n) is 3.90. The average Bonchev–Trinajstić information content (AvgIpc) is 2.75. The zero-order valence-corrected chi connectivity index (χ0v) is 18.7. The first-order chi connectivity index (χ1) is 14.4. The summed E-state index contributed by atoms with van der Waals surface area (Å²) < 4.78 is 27.9. The van der Waals surface area contributed by atoms with Gasteiger partial charge in [0.2, 0.25) is 10.0 Å². The predicted octanol–water partition coefficient (Wildman–Crippen LogP) is 3.32. The van der Waals surface area contributed by atoms with E-state index in [1.165, 1.54) is 0 Å². The minimum Gasteiger partial charge on any atom is -0.339 e. The number of sulfonamides is 1. The monoisotopic (exact) mass is 430 g/mol. The van der Waals surface area contributed by atoms with Crippen molar-refractivity contribution in [3.05, 3.63) is 59.2 Å². The molecule has 0 saturated carbocycles. The number of aromatic nitrogens is 2. The molecular formula is C22H30N4O3S. The van der Waals surface area contributed by atoms with Gasteiger partial charge in [-0.3, -0.25) is 4.79 Å². The zero-order valence-electron chi connectivity index (χ0n) is 17.9. The first-order valence-corrected chi connectivity index (χ1v) is 12.1. The summed E-state index contributed by atoms with van der Waals surface area (Å²) >= 11 is 0. The number of hydrogen-bond acceptors (Lipinski definition) is 5. The van der Waals surface area contributed by atoms with Crippen molar-refractivity contribution < 1.29 is 13.2 Å². The van der Waals surface area contributed by atoms with Crippen LogP contribution >= 0.6 is 0 Å². The molecule has 0 radical (unpaired) electrons.